The number of phenolic OH excluding ortho intramolecular Hbond substituents is 1. The maximum absolute atomic E-state index is 12.1. The van der Waals surface area contributed by atoms with Crippen molar-refractivity contribution in [2.45, 2.75) is 6.42 Å². The van der Waals surface area contributed by atoms with Crippen molar-refractivity contribution < 1.29 is 19.4 Å². The summed E-state index contributed by atoms with van der Waals surface area (Å²) in [6.45, 7) is 0.437. The summed E-state index contributed by atoms with van der Waals surface area (Å²) in [6, 6.07) is 12.0. The molecule has 3 rings (SSSR count). The number of aromatic nitrogens is 1. The van der Waals surface area contributed by atoms with E-state index in [4.69, 9.17) is 32.7 Å². The molecule has 0 unspecified atom stereocenters. The Morgan fingerprint density at radius 1 is 1.08 bits per heavy atom. The molecular formula is C19H15Cl2NO4. The molecule has 1 N–H and O–H groups in total. The zero-order valence-corrected chi connectivity index (χ0v) is 15.1. The van der Waals surface area contributed by atoms with Crippen molar-refractivity contribution in [2.75, 3.05) is 13.2 Å². The Labute approximate surface area is 160 Å². The smallest absolute Gasteiger partial charge is 0.339 e. The molecule has 0 fully saturated rings. The summed E-state index contributed by atoms with van der Waals surface area (Å²) >= 11 is 11.9. The summed E-state index contributed by atoms with van der Waals surface area (Å²) in [7, 11) is 0. The third kappa shape index (κ3) is 4.36. The first kappa shape index (κ1) is 18.3. The van der Waals surface area contributed by atoms with Gasteiger partial charge in [-0.05, 0) is 12.1 Å². The number of aromatic hydroxyl groups is 1. The number of hydrogen-bond acceptors (Lipinski definition) is 5. The van der Waals surface area contributed by atoms with E-state index in [-0.39, 0.29) is 34.8 Å². The van der Waals surface area contributed by atoms with E-state index >= 15 is 0 Å². The fourth-order valence-electron chi connectivity index (χ4n) is 2.35. The Morgan fingerprint density at radius 2 is 1.81 bits per heavy atom. The second-order valence-electron chi connectivity index (χ2n) is 5.49. The average Bonchev–Trinajstić information content (AvgIpc) is 2.62. The molecule has 26 heavy (non-hydrogen) atoms. The Hall–Kier alpha value is -2.50. The highest BCUT2D eigenvalue weighted by atomic mass is 35.5. The number of hydrogen-bond donors (Lipinski definition) is 1. The maximum Gasteiger partial charge on any atom is 0.339 e. The van der Waals surface area contributed by atoms with Gasteiger partial charge in [0, 0.05) is 30.1 Å². The van der Waals surface area contributed by atoms with E-state index in [0.717, 1.165) is 10.9 Å². The van der Waals surface area contributed by atoms with Gasteiger partial charge in [-0.15, -0.1) is 0 Å². The zero-order chi connectivity index (χ0) is 18.5. The molecule has 0 aliphatic heterocycles. The minimum atomic E-state index is -0.441. The van der Waals surface area contributed by atoms with Crippen molar-refractivity contribution in [1.29, 1.82) is 0 Å². The molecule has 0 spiro atoms. The highest BCUT2D eigenvalue weighted by Crippen LogP contribution is 2.36. The second kappa shape index (κ2) is 8.25. The van der Waals surface area contributed by atoms with Crippen LogP contribution < -0.4 is 4.74 Å². The van der Waals surface area contributed by atoms with E-state index in [0.29, 0.717) is 12.0 Å². The Morgan fingerprint density at radius 3 is 2.58 bits per heavy atom. The van der Waals surface area contributed by atoms with E-state index in [1.54, 1.807) is 6.07 Å². The lowest BCUT2D eigenvalue weighted by atomic mass is 10.1. The molecular weight excluding hydrogens is 377 g/mol. The first-order valence-electron chi connectivity index (χ1n) is 7.87. The molecule has 1 heterocycles. The number of nitrogens with zero attached hydrogens (tertiary/aromatic N) is 1. The molecule has 0 saturated carbocycles. The molecule has 0 radical (unpaired) electrons. The topological polar surface area (TPSA) is 68.7 Å². The minimum absolute atomic E-state index is 0.0368. The lowest BCUT2D eigenvalue weighted by Gasteiger charge is -2.10. The van der Waals surface area contributed by atoms with Gasteiger partial charge < -0.3 is 14.6 Å². The number of rotatable bonds is 6. The molecule has 134 valence electrons. The summed E-state index contributed by atoms with van der Waals surface area (Å²) in [6.07, 6.45) is 1.96. The van der Waals surface area contributed by atoms with Crippen molar-refractivity contribution in [1.82, 2.24) is 4.98 Å². The van der Waals surface area contributed by atoms with Gasteiger partial charge in [-0.2, -0.15) is 0 Å². The molecule has 7 heteroatoms. The standard InChI is InChI=1S/C19H15Cl2NO4/c20-15-9-14(23)10-16(21)18(15)25-6-3-7-26-19(24)13-8-12-4-1-2-5-17(12)22-11-13/h1-2,4-5,8-11,23H,3,6-7H2. The van der Waals surface area contributed by atoms with Crippen molar-refractivity contribution in [3.05, 3.63) is 64.3 Å². The summed E-state index contributed by atoms with van der Waals surface area (Å²) in [5.74, 6) is -0.189. The maximum atomic E-state index is 12.1. The van der Waals surface area contributed by atoms with Gasteiger partial charge in [0.15, 0.2) is 5.75 Å². The molecule has 0 atom stereocenters. The molecule has 0 aliphatic rings. The van der Waals surface area contributed by atoms with Crippen LogP contribution in [0, 0.1) is 0 Å². The minimum Gasteiger partial charge on any atom is -0.508 e. The Balaban J connectivity index is 1.49. The molecule has 0 saturated heterocycles. The Kier molecular flexibility index (Phi) is 5.81. The summed E-state index contributed by atoms with van der Waals surface area (Å²) in [5.41, 5.74) is 1.22. The Bertz CT molecular complexity index is 923. The number of carbonyl (C=O) groups is 1. The molecule has 5 nitrogen and oxygen atoms in total. The number of esters is 1. The van der Waals surface area contributed by atoms with E-state index < -0.39 is 5.97 Å². The van der Waals surface area contributed by atoms with Crippen molar-refractivity contribution in [3.63, 3.8) is 0 Å². The van der Waals surface area contributed by atoms with E-state index in [9.17, 15) is 9.90 Å². The van der Waals surface area contributed by atoms with E-state index in [1.807, 2.05) is 24.3 Å². The molecule has 3 aromatic rings. The molecule has 0 aliphatic carbocycles. The predicted molar refractivity (Wildman–Crippen MR) is 100 cm³/mol. The fraction of sp³-hybridized carbons (Fsp3) is 0.158. The van der Waals surface area contributed by atoms with Gasteiger partial charge in [0.05, 0.1) is 34.3 Å². The number of benzene rings is 2. The van der Waals surface area contributed by atoms with Gasteiger partial charge in [0.1, 0.15) is 5.75 Å². The lowest BCUT2D eigenvalue weighted by molar-refractivity contribution is 0.0485. The largest absolute Gasteiger partial charge is 0.508 e. The lowest BCUT2D eigenvalue weighted by Crippen LogP contribution is -2.10. The first-order chi connectivity index (χ1) is 12.5. The zero-order valence-electron chi connectivity index (χ0n) is 13.6. The number of phenols is 1. The quantitative estimate of drug-likeness (QED) is 0.479. The number of para-hydroxylation sites is 1. The average molecular weight is 392 g/mol. The predicted octanol–water partition coefficient (Wildman–Crippen LogP) is 4.87. The monoisotopic (exact) mass is 391 g/mol. The summed E-state index contributed by atoms with van der Waals surface area (Å²) < 4.78 is 10.7. The van der Waals surface area contributed by atoms with Gasteiger partial charge >= 0.3 is 5.97 Å². The molecule has 0 bridgehead atoms. The highest BCUT2D eigenvalue weighted by molar-refractivity contribution is 6.37. The van der Waals surface area contributed by atoms with Gasteiger partial charge in [-0.1, -0.05) is 41.4 Å². The van der Waals surface area contributed by atoms with Crippen LogP contribution in [0.15, 0.2) is 48.7 Å². The third-order valence-electron chi connectivity index (χ3n) is 3.58. The number of pyridine rings is 1. The molecule has 0 amide bonds. The molecule has 2 aromatic carbocycles. The number of halogens is 2. The van der Waals surface area contributed by atoms with Crippen LogP contribution in [0.3, 0.4) is 0 Å². The van der Waals surface area contributed by atoms with E-state index in [1.165, 1.54) is 18.3 Å². The van der Waals surface area contributed by atoms with Crippen molar-refractivity contribution in [3.8, 4) is 11.5 Å². The van der Waals surface area contributed by atoms with Gasteiger partial charge in [0.25, 0.3) is 0 Å². The van der Waals surface area contributed by atoms with Crippen LogP contribution in [0.5, 0.6) is 11.5 Å². The number of fused-ring (bicyclic) bond motifs is 1. The van der Waals surface area contributed by atoms with Crippen LogP contribution in [-0.4, -0.2) is 29.3 Å². The van der Waals surface area contributed by atoms with Crippen LogP contribution in [0.25, 0.3) is 10.9 Å². The van der Waals surface area contributed by atoms with Gasteiger partial charge in [-0.3, -0.25) is 4.98 Å². The van der Waals surface area contributed by atoms with E-state index in [2.05, 4.69) is 4.98 Å². The normalized spacial score (nSPS) is 10.7. The SMILES string of the molecule is O=C(OCCCOc1c(Cl)cc(O)cc1Cl)c1cnc2ccccc2c1. The van der Waals surface area contributed by atoms with Crippen LogP contribution in [0.2, 0.25) is 10.0 Å². The van der Waals surface area contributed by atoms with Crippen molar-refractivity contribution in [2.24, 2.45) is 0 Å². The van der Waals surface area contributed by atoms with Crippen LogP contribution in [0.1, 0.15) is 16.8 Å². The number of carbonyl (C=O) groups excluding carboxylic acids is 1. The van der Waals surface area contributed by atoms with Gasteiger partial charge in [-0.25, -0.2) is 4.79 Å². The fourth-order valence-corrected chi connectivity index (χ4v) is 2.93. The molecule has 1 aromatic heterocycles. The first-order valence-corrected chi connectivity index (χ1v) is 8.63. The summed E-state index contributed by atoms with van der Waals surface area (Å²) in [4.78, 5) is 16.3. The highest BCUT2D eigenvalue weighted by Gasteiger charge is 2.11. The third-order valence-corrected chi connectivity index (χ3v) is 4.14. The number of ether oxygens (including phenoxy) is 2. The van der Waals surface area contributed by atoms with Gasteiger partial charge in [0.2, 0.25) is 0 Å². The van der Waals surface area contributed by atoms with Crippen LogP contribution >= 0.6 is 23.2 Å². The summed E-state index contributed by atoms with van der Waals surface area (Å²) in [5, 5.41) is 10.7. The van der Waals surface area contributed by atoms with Crippen molar-refractivity contribution >= 4 is 40.1 Å². The van der Waals surface area contributed by atoms with Crippen LogP contribution in [-0.2, 0) is 4.74 Å². The second-order valence-corrected chi connectivity index (χ2v) is 6.31. The van der Waals surface area contributed by atoms with Crippen LogP contribution in [0.4, 0.5) is 0 Å².